The molecule has 38 heavy (non-hydrogen) atoms. The summed E-state index contributed by atoms with van der Waals surface area (Å²) in [7, 11) is 1.68. The molecule has 0 unspecified atom stereocenters. The summed E-state index contributed by atoms with van der Waals surface area (Å²) in [6.45, 7) is 3.09. The van der Waals surface area contributed by atoms with Crippen molar-refractivity contribution < 1.29 is 19.1 Å². The number of carbonyl (C=O) groups excluding carboxylic acids is 1. The summed E-state index contributed by atoms with van der Waals surface area (Å²) in [4.78, 5) is 19.1. The molecule has 0 radical (unpaired) electrons. The number of aryl methyl sites for hydroxylation is 1. The van der Waals surface area contributed by atoms with Crippen LogP contribution in [0.15, 0.2) is 78.0 Å². The molecule has 0 bridgehead atoms. The highest BCUT2D eigenvalue weighted by Gasteiger charge is 2.57. The molecule has 3 aliphatic carbocycles. The summed E-state index contributed by atoms with van der Waals surface area (Å²) < 4.78 is 11.4. The first-order valence-electron chi connectivity index (χ1n) is 13.7. The third-order valence-electron chi connectivity index (χ3n) is 9.10. The lowest BCUT2D eigenvalue weighted by Gasteiger charge is -2.47. The van der Waals surface area contributed by atoms with Crippen LogP contribution in [0.3, 0.4) is 0 Å². The molecule has 3 aromatic carbocycles. The summed E-state index contributed by atoms with van der Waals surface area (Å²) >= 11 is 0. The van der Waals surface area contributed by atoms with Crippen molar-refractivity contribution in [1.29, 1.82) is 0 Å². The maximum absolute atomic E-state index is 13.5. The molecule has 2 saturated carbocycles. The number of ketones is 1. The number of methoxy groups -OCH3 is 1. The van der Waals surface area contributed by atoms with Gasteiger partial charge in [-0.3, -0.25) is 4.79 Å². The van der Waals surface area contributed by atoms with Crippen LogP contribution >= 0.6 is 0 Å². The zero-order chi connectivity index (χ0) is 26.1. The Bertz CT molecular complexity index is 1330. The second kappa shape index (κ2) is 10.3. The van der Waals surface area contributed by atoms with Crippen molar-refractivity contribution in [2.45, 2.75) is 58.2 Å². The van der Waals surface area contributed by atoms with E-state index in [9.17, 15) is 4.79 Å². The second-order valence-corrected chi connectivity index (χ2v) is 11.2. The standard InChI is InChI=1S/C33H35NO4/c1-33-17-16-28-27-15-13-26(37-20-23-8-11-25(36-2)12-9-23)18-24(27)10-14-29(28)30(33)19-31(32(33)35)34-38-21-22-6-4-3-5-7-22/h3-9,11-13,15,18,28-30H,10,14,16-17,19-21H2,1-2H3/b34-31+/t28-,29-,30+,33+/m1/s1. The molecule has 0 aliphatic heterocycles. The zero-order valence-corrected chi connectivity index (χ0v) is 22.2. The molecular weight excluding hydrogens is 474 g/mol. The fourth-order valence-corrected chi connectivity index (χ4v) is 6.98. The van der Waals surface area contributed by atoms with Gasteiger partial charge in [-0.2, -0.15) is 0 Å². The fourth-order valence-electron chi connectivity index (χ4n) is 6.98. The molecule has 5 nitrogen and oxygen atoms in total. The number of hydrogen-bond acceptors (Lipinski definition) is 5. The van der Waals surface area contributed by atoms with Crippen LogP contribution in [0.5, 0.6) is 11.5 Å². The molecule has 4 atom stereocenters. The Morgan fingerprint density at radius 2 is 1.68 bits per heavy atom. The van der Waals surface area contributed by atoms with Gasteiger partial charge < -0.3 is 14.3 Å². The summed E-state index contributed by atoms with van der Waals surface area (Å²) in [5, 5.41) is 4.36. The van der Waals surface area contributed by atoms with E-state index in [4.69, 9.17) is 14.3 Å². The Kier molecular flexibility index (Phi) is 6.69. The van der Waals surface area contributed by atoms with Gasteiger partial charge in [0.2, 0.25) is 0 Å². The zero-order valence-electron chi connectivity index (χ0n) is 22.2. The predicted octanol–water partition coefficient (Wildman–Crippen LogP) is 6.88. The van der Waals surface area contributed by atoms with Crippen molar-refractivity contribution >= 4 is 11.5 Å². The van der Waals surface area contributed by atoms with Gasteiger partial charge in [0.1, 0.15) is 30.4 Å². The van der Waals surface area contributed by atoms with Crippen LogP contribution in [0.1, 0.15) is 60.8 Å². The SMILES string of the molecule is COc1ccc(COc2ccc3c(c2)CC[C@@H]2[C@@H]3CC[C@]3(C)C(=O)/C(=N/OCc4ccccc4)C[C@@H]23)cc1. The van der Waals surface area contributed by atoms with Crippen molar-refractivity contribution in [2.24, 2.45) is 22.4 Å². The van der Waals surface area contributed by atoms with Crippen LogP contribution < -0.4 is 9.47 Å². The van der Waals surface area contributed by atoms with Crippen molar-refractivity contribution in [1.82, 2.24) is 0 Å². The van der Waals surface area contributed by atoms with E-state index in [0.717, 1.165) is 54.7 Å². The van der Waals surface area contributed by atoms with Crippen LogP contribution in [-0.2, 0) is 29.3 Å². The lowest BCUT2D eigenvalue weighted by atomic mass is 9.55. The van der Waals surface area contributed by atoms with Gasteiger partial charge in [0.25, 0.3) is 0 Å². The number of oxime groups is 1. The Morgan fingerprint density at radius 1 is 0.921 bits per heavy atom. The molecule has 2 fully saturated rings. The van der Waals surface area contributed by atoms with Gasteiger partial charge in [-0.25, -0.2) is 0 Å². The minimum Gasteiger partial charge on any atom is -0.497 e. The minimum absolute atomic E-state index is 0.196. The van der Waals surface area contributed by atoms with Crippen molar-refractivity contribution in [3.05, 3.63) is 95.1 Å². The van der Waals surface area contributed by atoms with Gasteiger partial charge in [0.15, 0.2) is 5.78 Å². The average Bonchev–Trinajstić information content (AvgIpc) is 3.22. The molecule has 3 aromatic rings. The van der Waals surface area contributed by atoms with Gasteiger partial charge in [0.05, 0.1) is 7.11 Å². The molecule has 0 heterocycles. The molecular formula is C33H35NO4. The quantitative estimate of drug-likeness (QED) is 0.326. The van der Waals surface area contributed by atoms with E-state index in [1.165, 1.54) is 11.1 Å². The first-order valence-corrected chi connectivity index (χ1v) is 13.7. The minimum atomic E-state index is -0.324. The van der Waals surface area contributed by atoms with Crippen LogP contribution in [-0.4, -0.2) is 18.6 Å². The topological polar surface area (TPSA) is 57.1 Å². The van der Waals surface area contributed by atoms with Crippen LogP contribution in [0.4, 0.5) is 0 Å². The normalized spacial score (nSPS) is 26.8. The first kappa shape index (κ1) is 24.7. The maximum atomic E-state index is 13.5. The third-order valence-corrected chi connectivity index (χ3v) is 9.10. The molecule has 0 amide bonds. The Morgan fingerprint density at radius 3 is 2.47 bits per heavy atom. The smallest absolute Gasteiger partial charge is 0.186 e. The predicted molar refractivity (Wildman–Crippen MR) is 147 cm³/mol. The third kappa shape index (κ3) is 4.59. The van der Waals surface area contributed by atoms with Gasteiger partial charge in [0, 0.05) is 11.8 Å². The Hall–Kier alpha value is -3.60. The molecule has 0 saturated heterocycles. The number of hydrogen-bond donors (Lipinski definition) is 0. The van der Waals surface area contributed by atoms with E-state index in [1.54, 1.807) is 7.11 Å². The first-order chi connectivity index (χ1) is 18.5. The van der Waals surface area contributed by atoms with Gasteiger partial charge in [-0.05, 0) is 90.0 Å². The molecule has 0 aromatic heterocycles. The van der Waals surface area contributed by atoms with Crippen LogP contribution in [0.2, 0.25) is 0 Å². The fraction of sp³-hybridized carbons (Fsp3) is 0.394. The van der Waals surface area contributed by atoms with E-state index < -0.39 is 0 Å². The van der Waals surface area contributed by atoms with E-state index >= 15 is 0 Å². The Balaban J connectivity index is 1.14. The summed E-state index contributed by atoms with van der Waals surface area (Å²) in [5.74, 6) is 3.28. The van der Waals surface area contributed by atoms with Crippen molar-refractivity contribution in [3.63, 3.8) is 0 Å². The molecule has 5 heteroatoms. The van der Waals surface area contributed by atoms with Crippen molar-refractivity contribution in [3.8, 4) is 11.5 Å². The average molecular weight is 510 g/mol. The summed E-state index contributed by atoms with van der Waals surface area (Å²) in [6, 6.07) is 24.6. The number of nitrogens with zero attached hydrogens (tertiary/aromatic N) is 1. The number of ether oxygens (including phenoxy) is 2. The lowest BCUT2D eigenvalue weighted by Crippen LogP contribution is -2.42. The Labute approximate surface area is 224 Å². The molecule has 196 valence electrons. The summed E-state index contributed by atoms with van der Waals surface area (Å²) in [6.07, 6.45) is 4.80. The highest BCUT2D eigenvalue weighted by molar-refractivity contribution is 6.43. The number of benzene rings is 3. The highest BCUT2D eigenvalue weighted by atomic mass is 16.6. The number of fused-ring (bicyclic) bond motifs is 5. The number of rotatable bonds is 7. The lowest BCUT2D eigenvalue weighted by molar-refractivity contribution is -0.125. The van der Waals surface area contributed by atoms with Gasteiger partial charge in [-0.15, -0.1) is 0 Å². The molecule has 0 N–H and O–H groups in total. The number of Topliss-reactive ketones (excluding diaryl/α,β-unsaturated/α-hetero) is 1. The van der Waals surface area contributed by atoms with E-state index in [1.807, 2.05) is 54.6 Å². The molecule has 0 spiro atoms. The maximum Gasteiger partial charge on any atom is 0.186 e. The van der Waals surface area contributed by atoms with Gasteiger partial charge >= 0.3 is 0 Å². The second-order valence-electron chi connectivity index (χ2n) is 11.2. The number of carbonyl (C=O) groups is 1. The van der Waals surface area contributed by atoms with E-state index in [0.29, 0.717) is 36.7 Å². The largest absolute Gasteiger partial charge is 0.497 e. The van der Waals surface area contributed by atoms with Gasteiger partial charge in [-0.1, -0.05) is 60.6 Å². The molecule has 6 rings (SSSR count). The van der Waals surface area contributed by atoms with E-state index in [2.05, 4.69) is 30.3 Å². The van der Waals surface area contributed by atoms with Crippen LogP contribution in [0.25, 0.3) is 0 Å². The van der Waals surface area contributed by atoms with Crippen molar-refractivity contribution in [2.75, 3.05) is 7.11 Å². The highest BCUT2D eigenvalue weighted by Crippen LogP contribution is 2.59. The van der Waals surface area contributed by atoms with Crippen LogP contribution in [0, 0.1) is 17.3 Å². The van der Waals surface area contributed by atoms with E-state index in [-0.39, 0.29) is 11.2 Å². The monoisotopic (exact) mass is 509 g/mol. The summed E-state index contributed by atoms with van der Waals surface area (Å²) in [5.41, 5.74) is 5.31. The molecule has 3 aliphatic rings.